The van der Waals surface area contributed by atoms with E-state index < -0.39 is 0 Å². The quantitative estimate of drug-likeness (QED) is 0.928. The Labute approximate surface area is 121 Å². The van der Waals surface area contributed by atoms with Gasteiger partial charge in [-0.05, 0) is 42.9 Å². The van der Waals surface area contributed by atoms with Crippen LogP contribution in [0.5, 0.6) is 0 Å². The molecule has 1 aliphatic carbocycles. The summed E-state index contributed by atoms with van der Waals surface area (Å²) in [6.45, 7) is 0.912. The highest BCUT2D eigenvalue weighted by Gasteiger charge is 2.47. The van der Waals surface area contributed by atoms with E-state index in [1.807, 2.05) is 17.0 Å². The number of halogens is 1. The first-order chi connectivity index (χ1) is 9.20. The fourth-order valence-corrected chi connectivity index (χ4v) is 3.34. The number of amides is 1. The zero-order valence-corrected chi connectivity index (χ0v) is 12.3. The zero-order chi connectivity index (χ0) is 13.4. The van der Waals surface area contributed by atoms with E-state index in [0.717, 1.165) is 30.3 Å². The molecule has 2 fully saturated rings. The summed E-state index contributed by atoms with van der Waals surface area (Å²) < 4.78 is 1.07. The maximum absolute atomic E-state index is 12.4. The van der Waals surface area contributed by atoms with Crippen molar-refractivity contribution in [3.05, 3.63) is 34.3 Å². The molecule has 1 aromatic rings. The molecule has 19 heavy (non-hydrogen) atoms. The summed E-state index contributed by atoms with van der Waals surface area (Å²) in [5, 5.41) is 9.30. The Balaban J connectivity index is 1.66. The van der Waals surface area contributed by atoms with Crippen LogP contribution in [-0.4, -0.2) is 35.1 Å². The van der Waals surface area contributed by atoms with Crippen molar-refractivity contribution in [3.8, 4) is 0 Å². The summed E-state index contributed by atoms with van der Waals surface area (Å²) in [7, 11) is 0. The minimum Gasteiger partial charge on any atom is -0.394 e. The maximum Gasteiger partial charge on any atom is 0.226 e. The molecule has 1 aliphatic heterocycles. The smallest absolute Gasteiger partial charge is 0.226 e. The molecular formula is C15H18BrNO2. The van der Waals surface area contributed by atoms with Gasteiger partial charge in [0.1, 0.15) is 0 Å². The fourth-order valence-electron chi connectivity index (χ4n) is 3.07. The van der Waals surface area contributed by atoms with Gasteiger partial charge in [0, 0.05) is 16.9 Å². The molecule has 102 valence electrons. The Bertz CT molecular complexity index is 474. The van der Waals surface area contributed by atoms with Gasteiger partial charge in [-0.1, -0.05) is 28.1 Å². The lowest BCUT2D eigenvalue weighted by molar-refractivity contribution is -0.134. The summed E-state index contributed by atoms with van der Waals surface area (Å²) >= 11 is 3.43. The number of likely N-dealkylation sites (tertiary alicyclic amines) is 1. The molecule has 1 saturated carbocycles. The SMILES string of the molecule is O=C([C@H]1C[C@H]1c1ccc(Br)cc1)N1CCC[C@@H]1CO. The molecule has 1 amide bonds. The van der Waals surface area contributed by atoms with Crippen molar-refractivity contribution in [3.63, 3.8) is 0 Å². The lowest BCUT2D eigenvalue weighted by Crippen LogP contribution is -2.38. The van der Waals surface area contributed by atoms with Crippen LogP contribution in [0.4, 0.5) is 0 Å². The molecule has 1 saturated heterocycles. The number of hydrogen-bond acceptors (Lipinski definition) is 2. The molecule has 0 unspecified atom stereocenters. The zero-order valence-electron chi connectivity index (χ0n) is 10.8. The first-order valence-corrected chi connectivity index (χ1v) is 7.67. The van der Waals surface area contributed by atoms with Crippen molar-refractivity contribution >= 4 is 21.8 Å². The number of hydrogen-bond donors (Lipinski definition) is 1. The van der Waals surface area contributed by atoms with E-state index in [1.165, 1.54) is 5.56 Å². The fraction of sp³-hybridized carbons (Fsp3) is 0.533. The minimum absolute atomic E-state index is 0.0543. The van der Waals surface area contributed by atoms with Crippen LogP contribution in [0.25, 0.3) is 0 Å². The highest BCUT2D eigenvalue weighted by Crippen LogP contribution is 2.49. The van der Waals surface area contributed by atoms with Gasteiger partial charge in [-0.2, -0.15) is 0 Å². The molecule has 3 atom stereocenters. The molecule has 1 heterocycles. The third-order valence-electron chi connectivity index (χ3n) is 4.28. The van der Waals surface area contributed by atoms with Gasteiger partial charge in [-0.15, -0.1) is 0 Å². The molecule has 3 nitrogen and oxygen atoms in total. The highest BCUT2D eigenvalue weighted by atomic mass is 79.9. The highest BCUT2D eigenvalue weighted by molar-refractivity contribution is 9.10. The number of aliphatic hydroxyl groups is 1. The molecule has 1 aromatic carbocycles. The van der Waals surface area contributed by atoms with Crippen molar-refractivity contribution < 1.29 is 9.90 Å². The largest absolute Gasteiger partial charge is 0.394 e. The van der Waals surface area contributed by atoms with Gasteiger partial charge in [0.05, 0.1) is 12.6 Å². The van der Waals surface area contributed by atoms with Crippen molar-refractivity contribution in [1.29, 1.82) is 0 Å². The summed E-state index contributed by atoms with van der Waals surface area (Å²) in [6.07, 6.45) is 2.92. The Hall–Kier alpha value is -0.870. The standard InChI is InChI=1S/C15H18BrNO2/c16-11-5-3-10(4-6-11)13-8-14(13)15(19)17-7-1-2-12(17)9-18/h3-6,12-14,18H,1-2,7-9H2/t12-,13+,14+/m1/s1. The third-order valence-corrected chi connectivity index (χ3v) is 4.81. The monoisotopic (exact) mass is 323 g/mol. The van der Waals surface area contributed by atoms with Crippen LogP contribution >= 0.6 is 15.9 Å². The van der Waals surface area contributed by atoms with Crippen LogP contribution < -0.4 is 0 Å². The third kappa shape index (κ3) is 2.56. The number of nitrogens with zero attached hydrogens (tertiary/aromatic N) is 1. The van der Waals surface area contributed by atoms with E-state index in [1.54, 1.807) is 0 Å². The van der Waals surface area contributed by atoms with E-state index >= 15 is 0 Å². The van der Waals surface area contributed by atoms with E-state index in [9.17, 15) is 9.90 Å². The summed E-state index contributed by atoms with van der Waals surface area (Å²) in [4.78, 5) is 14.3. The van der Waals surface area contributed by atoms with Gasteiger partial charge in [-0.25, -0.2) is 0 Å². The van der Waals surface area contributed by atoms with Crippen molar-refractivity contribution in [1.82, 2.24) is 4.90 Å². The lowest BCUT2D eigenvalue weighted by atomic mass is 10.1. The summed E-state index contributed by atoms with van der Waals surface area (Å²) in [5.41, 5.74) is 1.25. The Morgan fingerprint density at radius 1 is 1.37 bits per heavy atom. The average molecular weight is 324 g/mol. The van der Waals surface area contributed by atoms with Crippen LogP contribution in [0.3, 0.4) is 0 Å². The predicted octanol–water partition coefficient (Wildman–Crippen LogP) is 2.54. The molecule has 0 bridgehead atoms. The predicted molar refractivity (Wildman–Crippen MR) is 76.8 cm³/mol. The first-order valence-electron chi connectivity index (χ1n) is 6.87. The molecule has 0 radical (unpaired) electrons. The van der Waals surface area contributed by atoms with E-state index in [0.29, 0.717) is 5.92 Å². The van der Waals surface area contributed by atoms with Gasteiger partial charge < -0.3 is 10.0 Å². The molecule has 2 aliphatic rings. The van der Waals surface area contributed by atoms with Crippen molar-refractivity contribution in [2.75, 3.05) is 13.2 Å². The Morgan fingerprint density at radius 3 is 2.79 bits per heavy atom. The Kier molecular flexibility index (Phi) is 3.63. The van der Waals surface area contributed by atoms with Crippen LogP contribution in [-0.2, 0) is 4.79 Å². The van der Waals surface area contributed by atoms with E-state index in [2.05, 4.69) is 28.1 Å². The average Bonchev–Trinajstić information content (AvgIpc) is 3.07. The lowest BCUT2D eigenvalue weighted by Gasteiger charge is -2.23. The van der Waals surface area contributed by atoms with Gasteiger partial charge in [0.15, 0.2) is 0 Å². The second-order valence-electron chi connectivity index (χ2n) is 5.51. The number of rotatable bonds is 3. The molecule has 4 heteroatoms. The topological polar surface area (TPSA) is 40.5 Å². The maximum atomic E-state index is 12.4. The number of aliphatic hydroxyl groups excluding tert-OH is 1. The van der Waals surface area contributed by atoms with Gasteiger partial charge in [-0.3, -0.25) is 4.79 Å². The molecule has 3 rings (SSSR count). The normalized spacial score (nSPS) is 29.6. The molecular weight excluding hydrogens is 306 g/mol. The number of benzene rings is 1. The molecule has 0 spiro atoms. The van der Waals surface area contributed by atoms with Gasteiger partial charge in [0.2, 0.25) is 5.91 Å². The molecule has 0 aromatic heterocycles. The van der Waals surface area contributed by atoms with Crippen LogP contribution in [0.1, 0.15) is 30.7 Å². The van der Waals surface area contributed by atoms with Gasteiger partial charge in [0.25, 0.3) is 0 Å². The van der Waals surface area contributed by atoms with Crippen LogP contribution in [0, 0.1) is 5.92 Å². The Morgan fingerprint density at radius 2 is 2.11 bits per heavy atom. The number of carbonyl (C=O) groups is 1. The van der Waals surface area contributed by atoms with E-state index in [-0.39, 0.29) is 24.5 Å². The van der Waals surface area contributed by atoms with Gasteiger partial charge >= 0.3 is 0 Å². The number of carbonyl (C=O) groups excluding carboxylic acids is 1. The van der Waals surface area contributed by atoms with Crippen molar-refractivity contribution in [2.45, 2.75) is 31.2 Å². The second-order valence-corrected chi connectivity index (χ2v) is 6.43. The van der Waals surface area contributed by atoms with Crippen LogP contribution in [0.2, 0.25) is 0 Å². The summed E-state index contributed by atoms with van der Waals surface area (Å²) in [6, 6.07) is 8.30. The second kappa shape index (κ2) is 5.25. The molecule has 1 N–H and O–H groups in total. The van der Waals surface area contributed by atoms with E-state index in [4.69, 9.17) is 0 Å². The van der Waals surface area contributed by atoms with Crippen LogP contribution in [0.15, 0.2) is 28.7 Å². The first kappa shape index (κ1) is 13.1. The minimum atomic E-state index is 0.0543. The van der Waals surface area contributed by atoms with Crippen molar-refractivity contribution in [2.24, 2.45) is 5.92 Å². The summed E-state index contributed by atoms with van der Waals surface area (Å²) in [5.74, 6) is 0.748.